The fourth-order valence-corrected chi connectivity index (χ4v) is 7.01. The van der Waals surface area contributed by atoms with Crippen LogP contribution < -0.4 is 14.9 Å². The van der Waals surface area contributed by atoms with Gasteiger partial charge in [0.05, 0.1) is 21.2 Å². The maximum absolute atomic E-state index is 14.0. The zero-order valence-corrected chi connectivity index (χ0v) is 23.4. The molecule has 0 amide bonds. The molecule has 0 radical (unpaired) electrons. The van der Waals surface area contributed by atoms with Gasteiger partial charge in [-0.05, 0) is 54.7 Å². The summed E-state index contributed by atoms with van der Waals surface area (Å²) >= 11 is 8.03. The van der Waals surface area contributed by atoms with E-state index in [2.05, 4.69) is 12.1 Å². The van der Waals surface area contributed by atoms with E-state index in [1.54, 1.807) is 41.8 Å². The van der Waals surface area contributed by atoms with Crippen LogP contribution in [0.4, 0.5) is 5.69 Å². The standard InChI is InChI=1S/C32H22ClN3O4S/c1-18-21(10-6-12-26(18)36(38)39)27-16-14-20(40-27)17-28-31(37)35-30(23-9-4-5-11-25(23)33)24-15-13-19-7-2-3-8-22(19)29(24)34-32(35)41-28/h2-12,14,16-17,30H,13,15H2,1H3/b28-17+. The van der Waals surface area contributed by atoms with E-state index >= 15 is 0 Å². The Morgan fingerprint density at radius 2 is 1.80 bits per heavy atom. The second kappa shape index (κ2) is 9.83. The molecule has 3 heterocycles. The van der Waals surface area contributed by atoms with Gasteiger partial charge >= 0.3 is 0 Å². The zero-order valence-electron chi connectivity index (χ0n) is 21.8. The Hall–Kier alpha value is -4.53. The van der Waals surface area contributed by atoms with Crippen molar-refractivity contribution < 1.29 is 9.34 Å². The van der Waals surface area contributed by atoms with E-state index in [1.807, 2.05) is 36.4 Å². The van der Waals surface area contributed by atoms with Crippen molar-refractivity contribution in [1.82, 2.24) is 4.57 Å². The van der Waals surface area contributed by atoms with Gasteiger partial charge in [-0.25, -0.2) is 4.99 Å². The van der Waals surface area contributed by atoms with E-state index < -0.39 is 4.92 Å². The summed E-state index contributed by atoms with van der Waals surface area (Å²) in [4.78, 5) is 30.6. The lowest BCUT2D eigenvalue weighted by molar-refractivity contribution is -0.385. The predicted molar refractivity (Wildman–Crippen MR) is 160 cm³/mol. The van der Waals surface area contributed by atoms with Crippen LogP contribution in [0.1, 0.15) is 40.5 Å². The molecule has 1 aliphatic heterocycles. The molecule has 0 fully saturated rings. The molecule has 1 unspecified atom stereocenters. The molecule has 41 heavy (non-hydrogen) atoms. The first-order chi connectivity index (χ1) is 19.9. The third-order valence-electron chi connectivity index (χ3n) is 7.74. The first-order valence-electron chi connectivity index (χ1n) is 13.1. The van der Waals surface area contributed by atoms with Crippen molar-refractivity contribution in [2.45, 2.75) is 25.8 Å². The van der Waals surface area contributed by atoms with Crippen molar-refractivity contribution >= 4 is 40.4 Å². The number of allylic oxidation sites excluding steroid dienone is 1. The Morgan fingerprint density at radius 3 is 2.63 bits per heavy atom. The van der Waals surface area contributed by atoms with Gasteiger partial charge in [0.1, 0.15) is 11.5 Å². The summed E-state index contributed by atoms with van der Waals surface area (Å²) in [5.41, 5.74) is 6.19. The van der Waals surface area contributed by atoms with Crippen molar-refractivity contribution in [3.05, 3.63) is 147 Å². The lowest BCUT2D eigenvalue weighted by Gasteiger charge is -2.31. The largest absolute Gasteiger partial charge is 0.457 e. The normalized spacial score (nSPS) is 16.1. The number of nitro benzene ring substituents is 1. The maximum atomic E-state index is 14.0. The number of furan rings is 1. The lowest BCUT2D eigenvalue weighted by atomic mass is 9.83. The minimum Gasteiger partial charge on any atom is -0.457 e. The molecule has 0 spiro atoms. The second-order valence-electron chi connectivity index (χ2n) is 10.0. The van der Waals surface area contributed by atoms with Crippen molar-refractivity contribution in [2.75, 3.05) is 0 Å². The molecule has 5 aromatic rings. The molecular weight excluding hydrogens is 558 g/mol. The summed E-state index contributed by atoms with van der Waals surface area (Å²) in [6.07, 6.45) is 3.35. The molecule has 0 saturated heterocycles. The molecule has 9 heteroatoms. The first kappa shape index (κ1) is 25.4. The Labute approximate surface area is 243 Å². The van der Waals surface area contributed by atoms with Gasteiger partial charge in [0.15, 0.2) is 4.80 Å². The van der Waals surface area contributed by atoms with E-state index in [1.165, 1.54) is 23.0 Å². The van der Waals surface area contributed by atoms with Crippen molar-refractivity contribution in [1.29, 1.82) is 0 Å². The van der Waals surface area contributed by atoms with Crippen molar-refractivity contribution in [3.8, 4) is 11.3 Å². The highest BCUT2D eigenvalue weighted by Gasteiger charge is 2.33. The van der Waals surface area contributed by atoms with Crippen LogP contribution in [0.3, 0.4) is 0 Å². The lowest BCUT2D eigenvalue weighted by Crippen LogP contribution is -2.38. The molecule has 0 N–H and O–H groups in total. The molecule has 202 valence electrons. The molecule has 3 aromatic carbocycles. The van der Waals surface area contributed by atoms with Gasteiger partial charge < -0.3 is 4.42 Å². The van der Waals surface area contributed by atoms with E-state index in [-0.39, 0.29) is 17.3 Å². The topological polar surface area (TPSA) is 90.6 Å². The summed E-state index contributed by atoms with van der Waals surface area (Å²) in [5.74, 6) is 0.964. The Morgan fingerprint density at radius 1 is 1.02 bits per heavy atom. The Bertz CT molecular complexity index is 2100. The SMILES string of the molecule is Cc1c(-c2ccc(/C=c3/sc4n(c3=O)C(c3ccccc3Cl)C3=C(N=4)c4ccccc4CC3)o2)cccc1[N+](=O)[O-]. The van der Waals surface area contributed by atoms with Crippen LogP contribution in [0.5, 0.6) is 0 Å². The molecule has 1 atom stereocenters. The Kier molecular flexibility index (Phi) is 6.10. The third-order valence-corrected chi connectivity index (χ3v) is 9.07. The molecule has 7 nitrogen and oxygen atoms in total. The van der Waals surface area contributed by atoms with Gasteiger partial charge in [0, 0.05) is 33.9 Å². The Balaban J connectivity index is 1.39. The number of nitro groups is 1. The molecule has 0 bridgehead atoms. The minimum atomic E-state index is -0.406. The van der Waals surface area contributed by atoms with Crippen LogP contribution in [0, 0.1) is 17.0 Å². The fraction of sp³-hybridized carbons (Fsp3) is 0.125. The molecular formula is C32H22ClN3O4S. The van der Waals surface area contributed by atoms with Crippen LogP contribution in [-0.2, 0) is 6.42 Å². The molecule has 7 rings (SSSR count). The van der Waals surface area contributed by atoms with E-state index in [0.717, 1.165) is 35.2 Å². The smallest absolute Gasteiger partial charge is 0.273 e. The molecule has 2 aliphatic rings. The summed E-state index contributed by atoms with van der Waals surface area (Å²) in [6.45, 7) is 1.70. The number of hydrogen-bond acceptors (Lipinski definition) is 6. The van der Waals surface area contributed by atoms with Crippen molar-refractivity contribution in [2.24, 2.45) is 4.99 Å². The highest BCUT2D eigenvalue weighted by Crippen LogP contribution is 2.42. The van der Waals surface area contributed by atoms with Gasteiger partial charge in [-0.15, -0.1) is 0 Å². The number of benzene rings is 3. The van der Waals surface area contributed by atoms with E-state index in [9.17, 15) is 14.9 Å². The van der Waals surface area contributed by atoms with Gasteiger partial charge in [-0.3, -0.25) is 19.5 Å². The summed E-state index contributed by atoms with van der Waals surface area (Å²) < 4.78 is 8.29. The maximum Gasteiger partial charge on any atom is 0.273 e. The van der Waals surface area contributed by atoms with E-state index in [0.29, 0.717) is 37.0 Å². The minimum absolute atomic E-state index is 0.0267. The number of halogens is 1. The quantitative estimate of drug-likeness (QED) is 0.181. The van der Waals surface area contributed by atoms with Crippen LogP contribution in [0.2, 0.25) is 5.02 Å². The zero-order chi connectivity index (χ0) is 28.2. The summed E-state index contributed by atoms with van der Waals surface area (Å²) in [5, 5.41) is 12.0. The highest BCUT2D eigenvalue weighted by atomic mass is 35.5. The number of fused-ring (bicyclic) bond motifs is 3. The molecule has 1 aliphatic carbocycles. The number of aromatic nitrogens is 1. The molecule has 0 saturated carbocycles. The average molecular weight is 580 g/mol. The van der Waals surface area contributed by atoms with Crippen LogP contribution in [0.15, 0.2) is 98.6 Å². The van der Waals surface area contributed by atoms with Gasteiger partial charge in [-0.2, -0.15) is 0 Å². The number of rotatable bonds is 4. The van der Waals surface area contributed by atoms with Gasteiger partial charge in [0.25, 0.3) is 11.2 Å². The van der Waals surface area contributed by atoms with Crippen molar-refractivity contribution in [3.63, 3.8) is 0 Å². The number of hydrogen-bond donors (Lipinski definition) is 0. The summed E-state index contributed by atoms with van der Waals surface area (Å²) in [6, 6.07) is 24.0. The van der Waals surface area contributed by atoms with Crippen LogP contribution in [-0.4, -0.2) is 9.49 Å². The second-order valence-corrected chi connectivity index (χ2v) is 11.5. The predicted octanol–water partition coefficient (Wildman–Crippen LogP) is 6.45. The third kappa shape index (κ3) is 4.18. The average Bonchev–Trinajstić information content (AvgIpc) is 3.56. The first-order valence-corrected chi connectivity index (χ1v) is 14.3. The fourth-order valence-electron chi connectivity index (χ4n) is 5.79. The van der Waals surface area contributed by atoms with Gasteiger partial charge in [0.2, 0.25) is 0 Å². The number of thiazole rings is 1. The number of nitrogens with zero attached hydrogens (tertiary/aromatic N) is 3. The van der Waals surface area contributed by atoms with Crippen LogP contribution >= 0.6 is 22.9 Å². The molecule has 2 aromatic heterocycles. The number of aryl methyl sites for hydroxylation is 1. The van der Waals surface area contributed by atoms with Gasteiger partial charge in [-0.1, -0.05) is 77.5 Å². The van der Waals surface area contributed by atoms with Crippen LogP contribution in [0.25, 0.3) is 23.1 Å². The summed E-state index contributed by atoms with van der Waals surface area (Å²) in [7, 11) is 0. The highest BCUT2D eigenvalue weighted by molar-refractivity contribution is 7.07. The monoisotopic (exact) mass is 579 g/mol. The van der Waals surface area contributed by atoms with E-state index in [4.69, 9.17) is 21.0 Å².